The third kappa shape index (κ3) is 6.48. The number of halogens is 2. The lowest BCUT2D eigenvalue weighted by molar-refractivity contribution is -0.137. The quantitative estimate of drug-likeness (QED) is 0.717. The molecule has 1 atom stereocenters. The number of benzene rings is 1. The highest BCUT2D eigenvalue weighted by Gasteiger charge is 2.12. The summed E-state index contributed by atoms with van der Waals surface area (Å²) in [7, 11) is 0. The van der Waals surface area contributed by atoms with E-state index in [1.54, 1.807) is 18.2 Å². The van der Waals surface area contributed by atoms with Gasteiger partial charge in [0.2, 0.25) is 0 Å². The predicted molar refractivity (Wildman–Crippen MR) is 86.8 cm³/mol. The van der Waals surface area contributed by atoms with Gasteiger partial charge in [-0.25, -0.2) is 0 Å². The maximum Gasteiger partial charge on any atom is 0.303 e. The van der Waals surface area contributed by atoms with Gasteiger partial charge in [-0.3, -0.25) is 9.59 Å². The van der Waals surface area contributed by atoms with E-state index in [1.165, 1.54) is 0 Å². The molecule has 0 fully saturated rings. The molecule has 0 aliphatic carbocycles. The highest BCUT2D eigenvalue weighted by atomic mass is 79.9. The molecule has 1 aromatic rings. The first-order valence-corrected chi connectivity index (χ1v) is 8.06. The summed E-state index contributed by atoms with van der Waals surface area (Å²) >= 11 is 9.30. The van der Waals surface area contributed by atoms with Crippen molar-refractivity contribution in [2.75, 3.05) is 6.54 Å². The molecule has 0 aliphatic rings. The van der Waals surface area contributed by atoms with Crippen LogP contribution < -0.4 is 5.32 Å². The zero-order valence-electron chi connectivity index (χ0n) is 11.9. The molecule has 1 amide bonds. The van der Waals surface area contributed by atoms with Crippen LogP contribution in [0, 0.1) is 5.92 Å². The minimum atomic E-state index is -0.779. The first-order valence-electron chi connectivity index (χ1n) is 6.89. The number of hydrogen-bond acceptors (Lipinski definition) is 2. The van der Waals surface area contributed by atoms with Crippen molar-refractivity contribution in [2.24, 2.45) is 5.92 Å². The number of carboxylic acid groups (broad SMARTS) is 1. The molecule has 0 spiro atoms. The Morgan fingerprint density at radius 2 is 2.10 bits per heavy atom. The molecule has 0 saturated carbocycles. The monoisotopic (exact) mass is 375 g/mol. The average Bonchev–Trinajstić information content (AvgIpc) is 2.44. The third-order valence-corrected chi connectivity index (χ3v) is 4.18. The van der Waals surface area contributed by atoms with Crippen molar-refractivity contribution in [1.82, 2.24) is 5.32 Å². The van der Waals surface area contributed by atoms with Gasteiger partial charge in [-0.05, 0) is 37.0 Å². The largest absolute Gasteiger partial charge is 0.481 e. The fourth-order valence-electron chi connectivity index (χ4n) is 2.04. The second kappa shape index (κ2) is 9.05. The molecule has 0 aliphatic heterocycles. The summed E-state index contributed by atoms with van der Waals surface area (Å²) in [5.74, 6) is -0.688. The van der Waals surface area contributed by atoms with E-state index in [2.05, 4.69) is 21.2 Å². The Morgan fingerprint density at radius 1 is 1.38 bits per heavy atom. The molecule has 0 radical (unpaired) electrons. The third-order valence-electron chi connectivity index (χ3n) is 3.35. The van der Waals surface area contributed by atoms with E-state index in [0.717, 1.165) is 17.3 Å². The van der Waals surface area contributed by atoms with Gasteiger partial charge >= 0.3 is 5.97 Å². The van der Waals surface area contributed by atoms with Crippen LogP contribution in [0.3, 0.4) is 0 Å². The topological polar surface area (TPSA) is 66.4 Å². The van der Waals surface area contributed by atoms with E-state index < -0.39 is 5.97 Å². The maximum absolute atomic E-state index is 12.0. The van der Waals surface area contributed by atoms with Crippen molar-refractivity contribution in [2.45, 2.75) is 32.6 Å². The Morgan fingerprint density at radius 3 is 2.71 bits per heavy atom. The fourth-order valence-corrected chi connectivity index (χ4v) is 2.60. The van der Waals surface area contributed by atoms with Crippen molar-refractivity contribution >= 4 is 39.4 Å². The molecule has 1 rings (SSSR count). The SMILES string of the molecule is CCC(CCNC(=O)c1cc(Br)ccc1Cl)CCC(=O)O. The molecule has 116 valence electrons. The Labute approximate surface area is 138 Å². The highest BCUT2D eigenvalue weighted by Crippen LogP contribution is 2.21. The number of aliphatic carboxylic acids is 1. The van der Waals surface area contributed by atoms with E-state index in [4.69, 9.17) is 16.7 Å². The minimum Gasteiger partial charge on any atom is -0.481 e. The molecule has 0 aromatic heterocycles. The van der Waals surface area contributed by atoms with Gasteiger partial charge in [0.05, 0.1) is 10.6 Å². The number of carbonyl (C=O) groups excluding carboxylic acids is 1. The Kier molecular flexibility index (Phi) is 7.75. The Hall–Kier alpha value is -1.07. The number of amides is 1. The van der Waals surface area contributed by atoms with Crippen molar-refractivity contribution < 1.29 is 14.7 Å². The van der Waals surface area contributed by atoms with Crippen LogP contribution in [0.5, 0.6) is 0 Å². The maximum atomic E-state index is 12.0. The molecule has 0 heterocycles. The summed E-state index contributed by atoms with van der Waals surface area (Å²) in [4.78, 5) is 22.6. The van der Waals surface area contributed by atoms with Gasteiger partial charge in [0.15, 0.2) is 0 Å². The van der Waals surface area contributed by atoms with E-state index in [9.17, 15) is 9.59 Å². The molecule has 0 bridgehead atoms. The second-order valence-corrected chi connectivity index (χ2v) is 6.20. The van der Waals surface area contributed by atoms with Crippen LogP contribution in [0.1, 0.15) is 43.0 Å². The number of nitrogens with one attached hydrogen (secondary N) is 1. The summed E-state index contributed by atoms with van der Waals surface area (Å²) in [6.07, 6.45) is 2.48. The van der Waals surface area contributed by atoms with Gasteiger partial charge in [0.1, 0.15) is 0 Å². The van der Waals surface area contributed by atoms with Crippen LogP contribution >= 0.6 is 27.5 Å². The fraction of sp³-hybridized carbons (Fsp3) is 0.467. The summed E-state index contributed by atoms with van der Waals surface area (Å²) < 4.78 is 0.796. The van der Waals surface area contributed by atoms with Crippen LogP contribution in [0.2, 0.25) is 5.02 Å². The Balaban J connectivity index is 2.45. The van der Waals surface area contributed by atoms with Crippen molar-refractivity contribution in [1.29, 1.82) is 0 Å². The first kappa shape index (κ1) is 18.0. The van der Waals surface area contributed by atoms with E-state index >= 15 is 0 Å². The molecule has 21 heavy (non-hydrogen) atoms. The molecule has 1 unspecified atom stereocenters. The zero-order valence-corrected chi connectivity index (χ0v) is 14.2. The first-order chi connectivity index (χ1) is 9.93. The molecule has 6 heteroatoms. The number of rotatable bonds is 8. The second-order valence-electron chi connectivity index (χ2n) is 4.88. The van der Waals surface area contributed by atoms with Crippen LogP contribution in [0.4, 0.5) is 0 Å². The van der Waals surface area contributed by atoms with Crippen LogP contribution in [0.15, 0.2) is 22.7 Å². The van der Waals surface area contributed by atoms with Crippen molar-refractivity contribution in [3.8, 4) is 0 Å². The molecule has 0 saturated heterocycles. The van der Waals surface area contributed by atoms with Crippen LogP contribution in [0.25, 0.3) is 0 Å². The van der Waals surface area contributed by atoms with Gasteiger partial charge in [-0.15, -0.1) is 0 Å². The summed E-state index contributed by atoms with van der Waals surface area (Å²) in [5.41, 5.74) is 0.435. The van der Waals surface area contributed by atoms with E-state index in [0.29, 0.717) is 29.5 Å². The molecule has 1 aromatic carbocycles. The van der Waals surface area contributed by atoms with Crippen LogP contribution in [-0.4, -0.2) is 23.5 Å². The number of hydrogen-bond donors (Lipinski definition) is 2. The molecule has 2 N–H and O–H groups in total. The van der Waals surface area contributed by atoms with E-state index in [1.807, 2.05) is 6.92 Å². The van der Waals surface area contributed by atoms with Crippen molar-refractivity contribution in [3.05, 3.63) is 33.3 Å². The average molecular weight is 377 g/mol. The normalized spacial score (nSPS) is 12.0. The lowest BCUT2D eigenvalue weighted by Crippen LogP contribution is -2.26. The van der Waals surface area contributed by atoms with Gasteiger partial charge in [-0.1, -0.05) is 40.9 Å². The predicted octanol–water partition coefficient (Wildman–Crippen LogP) is 4.11. The molecular formula is C15H19BrClNO3. The minimum absolute atomic E-state index is 0.171. The molecular weight excluding hydrogens is 358 g/mol. The van der Waals surface area contributed by atoms with Crippen LogP contribution in [-0.2, 0) is 4.79 Å². The zero-order chi connectivity index (χ0) is 15.8. The standard InChI is InChI=1S/C15H19BrClNO3/c1-2-10(3-6-14(19)20)7-8-18-15(21)12-9-11(16)4-5-13(12)17/h4-5,9-10H,2-3,6-8H2,1H3,(H,18,21)(H,19,20). The highest BCUT2D eigenvalue weighted by molar-refractivity contribution is 9.10. The Bertz CT molecular complexity index is 508. The van der Waals surface area contributed by atoms with E-state index in [-0.39, 0.29) is 12.3 Å². The summed E-state index contributed by atoms with van der Waals surface area (Å²) in [5, 5.41) is 11.9. The summed E-state index contributed by atoms with van der Waals surface area (Å²) in [6.45, 7) is 2.54. The van der Waals surface area contributed by atoms with Gasteiger partial charge in [0, 0.05) is 17.4 Å². The number of carbonyl (C=O) groups is 2. The number of carboxylic acids is 1. The van der Waals surface area contributed by atoms with Gasteiger partial charge in [-0.2, -0.15) is 0 Å². The van der Waals surface area contributed by atoms with Crippen molar-refractivity contribution in [3.63, 3.8) is 0 Å². The molecule has 4 nitrogen and oxygen atoms in total. The summed E-state index contributed by atoms with van der Waals surface area (Å²) in [6, 6.07) is 5.12. The van der Waals surface area contributed by atoms with Gasteiger partial charge in [0.25, 0.3) is 5.91 Å². The lowest BCUT2D eigenvalue weighted by atomic mass is 9.96. The lowest BCUT2D eigenvalue weighted by Gasteiger charge is -2.14. The van der Waals surface area contributed by atoms with Gasteiger partial charge < -0.3 is 10.4 Å². The smallest absolute Gasteiger partial charge is 0.303 e.